The number of rotatable bonds is 2. The molecule has 5 heteroatoms. The predicted molar refractivity (Wildman–Crippen MR) is 62.1 cm³/mol. The Kier molecular flexibility index (Phi) is 3.41. The summed E-state index contributed by atoms with van der Waals surface area (Å²) >= 11 is 4.99. The van der Waals surface area contributed by atoms with E-state index in [4.69, 9.17) is 4.74 Å². The van der Waals surface area contributed by atoms with E-state index in [1.54, 1.807) is 11.3 Å². The van der Waals surface area contributed by atoms with E-state index in [-0.39, 0.29) is 11.9 Å². The Balaban J connectivity index is 2.25. The van der Waals surface area contributed by atoms with Gasteiger partial charge in [0.05, 0.1) is 12.3 Å². The van der Waals surface area contributed by atoms with Gasteiger partial charge in [-0.05, 0) is 42.1 Å². The second-order valence-electron chi connectivity index (χ2n) is 3.47. The van der Waals surface area contributed by atoms with Gasteiger partial charge in [-0.25, -0.2) is 4.98 Å². The minimum Gasteiger partial charge on any atom is -0.465 e. The van der Waals surface area contributed by atoms with Crippen molar-refractivity contribution < 1.29 is 9.53 Å². The van der Waals surface area contributed by atoms with E-state index in [1.807, 2.05) is 6.92 Å². The number of aromatic nitrogens is 1. The third kappa shape index (κ3) is 2.23. The van der Waals surface area contributed by atoms with Gasteiger partial charge in [0.25, 0.3) is 0 Å². The first-order valence-corrected chi connectivity index (χ1v) is 6.65. The Hall–Kier alpha value is -0.420. The molecule has 0 fully saturated rings. The maximum Gasteiger partial charge on any atom is 0.315 e. The predicted octanol–water partition coefficient (Wildman–Crippen LogP) is 2.89. The van der Waals surface area contributed by atoms with E-state index < -0.39 is 0 Å². The molecule has 0 radical (unpaired) electrons. The van der Waals surface area contributed by atoms with Crippen molar-refractivity contribution in [2.45, 2.75) is 32.1 Å². The van der Waals surface area contributed by atoms with Crippen LogP contribution in [0.5, 0.6) is 0 Å². The smallest absolute Gasteiger partial charge is 0.315 e. The SMILES string of the molecule is CCOC(=O)[C@@H]1CCCc2sc(Br)nc21. The number of nitrogens with zero attached hydrogens (tertiary/aromatic N) is 1. The molecule has 0 spiro atoms. The fourth-order valence-corrected chi connectivity index (χ4v) is 3.52. The number of hydrogen-bond donors (Lipinski definition) is 0. The molecule has 3 nitrogen and oxygen atoms in total. The summed E-state index contributed by atoms with van der Waals surface area (Å²) in [5, 5.41) is 0. The first-order chi connectivity index (χ1) is 7.22. The van der Waals surface area contributed by atoms with Gasteiger partial charge < -0.3 is 4.74 Å². The quantitative estimate of drug-likeness (QED) is 0.786. The highest BCUT2D eigenvalue weighted by atomic mass is 79.9. The van der Waals surface area contributed by atoms with Crippen LogP contribution < -0.4 is 0 Å². The van der Waals surface area contributed by atoms with Crippen LogP contribution in [0.3, 0.4) is 0 Å². The van der Waals surface area contributed by atoms with Crippen molar-refractivity contribution in [1.82, 2.24) is 4.98 Å². The van der Waals surface area contributed by atoms with Gasteiger partial charge in [0.1, 0.15) is 5.92 Å². The van der Waals surface area contributed by atoms with Gasteiger partial charge in [0, 0.05) is 4.88 Å². The second-order valence-corrected chi connectivity index (χ2v) is 5.83. The van der Waals surface area contributed by atoms with E-state index in [9.17, 15) is 4.79 Å². The number of esters is 1. The molecule has 82 valence electrons. The standard InChI is InChI=1S/C10H12BrNO2S/c1-2-14-9(13)6-4-3-5-7-8(6)12-10(11)15-7/h6H,2-5H2,1H3/t6-/m1/s1. The average Bonchev–Trinajstić information content (AvgIpc) is 2.57. The molecule has 0 bridgehead atoms. The fraction of sp³-hybridized carbons (Fsp3) is 0.600. The summed E-state index contributed by atoms with van der Waals surface area (Å²) in [7, 11) is 0. The third-order valence-electron chi connectivity index (χ3n) is 2.50. The molecular weight excluding hydrogens is 278 g/mol. The minimum absolute atomic E-state index is 0.128. The highest BCUT2D eigenvalue weighted by molar-refractivity contribution is 9.11. The number of carbonyl (C=O) groups excluding carboxylic acids is 1. The number of aryl methyl sites for hydroxylation is 1. The molecule has 0 unspecified atom stereocenters. The lowest BCUT2D eigenvalue weighted by molar-refractivity contribution is -0.145. The molecule has 0 saturated heterocycles. The molecule has 0 aliphatic heterocycles. The fourth-order valence-electron chi connectivity index (χ4n) is 1.86. The van der Waals surface area contributed by atoms with Crippen LogP contribution in [-0.4, -0.2) is 17.6 Å². The maximum atomic E-state index is 11.7. The van der Waals surface area contributed by atoms with Crippen molar-refractivity contribution in [2.75, 3.05) is 6.61 Å². The summed E-state index contributed by atoms with van der Waals surface area (Å²) in [6.45, 7) is 2.27. The van der Waals surface area contributed by atoms with Gasteiger partial charge in [-0.1, -0.05) is 0 Å². The van der Waals surface area contributed by atoms with Crippen molar-refractivity contribution in [2.24, 2.45) is 0 Å². The highest BCUT2D eigenvalue weighted by Crippen LogP contribution is 2.37. The molecule has 15 heavy (non-hydrogen) atoms. The molecule has 2 rings (SSSR count). The molecule has 1 aliphatic carbocycles. The van der Waals surface area contributed by atoms with Crippen molar-refractivity contribution in [3.8, 4) is 0 Å². The molecule has 1 heterocycles. The summed E-state index contributed by atoms with van der Waals surface area (Å²) < 4.78 is 5.92. The van der Waals surface area contributed by atoms with Crippen LogP contribution in [-0.2, 0) is 16.0 Å². The van der Waals surface area contributed by atoms with Crippen molar-refractivity contribution in [3.05, 3.63) is 14.5 Å². The molecule has 0 N–H and O–H groups in total. The number of carbonyl (C=O) groups is 1. The maximum absolute atomic E-state index is 11.7. The number of hydrogen-bond acceptors (Lipinski definition) is 4. The van der Waals surface area contributed by atoms with Gasteiger partial charge in [0.2, 0.25) is 0 Å². The Morgan fingerprint density at radius 2 is 2.53 bits per heavy atom. The Morgan fingerprint density at radius 1 is 1.73 bits per heavy atom. The van der Waals surface area contributed by atoms with E-state index in [0.717, 1.165) is 28.9 Å². The number of ether oxygens (including phenoxy) is 1. The topological polar surface area (TPSA) is 39.2 Å². The van der Waals surface area contributed by atoms with Gasteiger partial charge >= 0.3 is 5.97 Å². The van der Waals surface area contributed by atoms with E-state index in [0.29, 0.717) is 6.61 Å². The largest absolute Gasteiger partial charge is 0.465 e. The Labute approximate surface area is 101 Å². The zero-order chi connectivity index (χ0) is 10.8. The molecule has 1 aromatic heterocycles. The van der Waals surface area contributed by atoms with E-state index in [2.05, 4.69) is 20.9 Å². The molecule has 1 aliphatic rings. The molecular formula is C10H12BrNO2S. The third-order valence-corrected chi connectivity index (χ3v) is 4.08. The monoisotopic (exact) mass is 289 g/mol. The van der Waals surface area contributed by atoms with E-state index in [1.165, 1.54) is 4.88 Å². The van der Waals surface area contributed by atoms with Crippen LogP contribution in [0.4, 0.5) is 0 Å². The van der Waals surface area contributed by atoms with Crippen LogP contribution in [0, 0.1) is 0 Å². The van der Waals surface area contributed by atoms with Crippen LogP contribution in [0.15, 0.2) is 3.92 Å². The summed E-state index contributed by atoms with van der Waals surface area (Å²) in [4.78, 5) is 17.3. The second kappa shape index (κ2) is 4.61. The first-order valence-electron chi connectivity index (χ1n) is 5.04. The molecule has 0 saturated carbocycles. The Bertz CT molecular complexity index is 377. The summed E-state index contributed by atoms with van der Waals surface area (Å²) in [6.07, 6.45) is 2.95. The van der Waals surface area contributed by atoms with Crippen LogP contribution in [0.25, 0.3) is 0 Å². The number of thiazole rings is 1. The summed E-state index contributed by atoms with van der Waals surface area (Å²) in [5.74, 6) is -0.271. The van der Waals surface area contributed by atoms with Crippen molar-refractivity contribution >= 4 is 33.2 Å². The molecule has 1 aromatic rings. The van der Waals surface area contributed by atoms with Crippen LogP contribution in [0.2, 0.25) is 0 Å². The van der Waals surface area contributed by atoms with Gasteiger partial charge in [-0.3, -0.25) is 4.79 Å². The van der Waals surface area contributed by atoms with Crippen molar-refractivity contribution in [3.63, 3.8) is 0 Å². The lowest BCUT2D eigenvalue weighted by Gasteiger charge is -2.19. The van der Waals surface area contributed by atoms with Gasteiger partial charge in [0.15, 0.2) is 3.92 Å². The number of halogens is 1. The van der Waals surface area contributed by atoms with Gasteiger partial charge in [-0.2, -0.15) is 0 Å². The minimum atomic E-state index is -0.142. The van der Waals surface area contributed by atoms with E-state index >= 15 is 0 Å². The summed E-state index contributed by atoms with van der Waals surface area (Å²) in [6, 6.07) is 0. The zero-order valence-corrected chi connectivity index (χ0v) is 10.9. The first kappa shape index (κ1) is 11.1. The molecule has 0 amide bonds. The molecule has 0 aromatic carbocycles. The normalized spacial score (nSPS) is 19.7. The zero-order valence-electron chi connectivity index (χ0n) is 8.46. The highest BCUT2D eigenvalue weighted by Gasteiger charge is 2.30. The lowest BCUT2D eigenvalue weighted by atomic mass is 9.91. The number of fused-ring (bicyclic) bond motifs is 1. The van der Waals surface area contributed by atoms with Crippen molar-refractivity contribution in [1.29, 1.82) is 0 Å². The van der Waals surface area contributed by atoms with Crippen LogP contribution >= 0.6 is 27.3 Å². The average molecular weight is 290 g/mol. The lowest BCUT2D eigenvalue weighted by Crippen LogP contribution is -2.20. The van der Waals surface area contributed by atoms with Gasteiger partial charge in [-0.15, -0.1) is 11.3 Å². The Morgan fingerprint density at radius 3 is 3.27 bits per heavy atom. The molecule has 1 atom stereocenters. The van der Waals surface area contributed by atoms with Crippen LogP contribution in [0.1, 0.15) is 36.3 Å². The summed E-state index contributed by atoms with van der Waals surface area (Å²) in [5.41, 5.74) is 0.927.